The van der Waals surface area contributed by atoms with Crippen molar-refractivity contribution in [2.75, 3.05) is 42.3 Å². The van der Waals surface area contributed by atoms with E-state index in [-0.39, 0.29) is 11.7 Å². The second-order valence-corrected chi connectivity index (χ2v) is 9.63. The third kappa shape index (κ3) is 6.50. The molecule has 0 radical (unpaired) electrons. The van der Waals surface area contributed by atoms with Gasteiger partial charge in [-0.2, -0.15) is 5.26 Å². The standard InChI is InChI=1S/C25H25N5O2S2/c1-18-7-9-20(10-8-18)27-22(31)17-34-24-21(15-26)23(33-16-19-5-3-2-4-6-19)28-25(29-24)30-11-13-32-14-12-30/h2-10H,11-14,16-17H2,1H3,(H,27,31). The number of aryl methyl sites for hydroxylation is 1. The van der Waals surface area contributed by atoms with Gasteiger partial charge < -0.3 is 15.0 Å². The van der Waals surface area contributed by atoms with E-state index in [9.17, 15) is 10.1 Å². The maximum absolute atomic E-state index is 12.6. The van der Waals surface area contributed by atoms with Gasteiger partial charge in [0.2, 0.25) is 11.9 Å². The fourth-order valence-corrected chi connectivity index (χ4v) is 5.08. The van der Waals surface area contributed by atoms with E-state index in [1.165, 1.54) is 23.5 Å². The highest BCUT2D eigenvalue weighted by atomic mass is 32.2. The minimum Gasteiger partial charge on any atom is -0.378 e. The van der Waals surface area contributed by atoms with Crippen molar-refractivity contribution in [3.8, 4) is 6.07 Å². The van der Waals surface area contributed by atoms with Gasteiger partial charge in [-0.05, 0) is 24.6 Å². The number of anilines is 2. The zero-order chi connectivity index (χ0) is 23.8. The minimum absolute atomic E-state index is 0.144. The SMILES string of the molecule is Cc1ccc(NC(=O)CSc2nc(N3CCOCC3)nc(SCc3ccccc3)c2C#N)cc1. The summed E-state index contributed by atoms with van der Waals surface area (Å²) in [6, 6.07) is 20.0. The molecular formula is C25H25N5O2S2. The molecule has 2 aromatic carbocycles. The Bertz CT molecular complexity index is 1160. The lowest BCUT2D eigenvalue weighted by atomic mass is 10.2. The Morgan fingerprint density at radius 1 is 1.06 bits per heavy atom. The van der Waals surface area contributed by atoms with E-state index in [2.05, 4.69) is 21.3 Å². The second kappa shape index (κ2) is 11.9. The number of hydrogen-bond donors (Lipinski definition) is 1. The molecule has 0 aliphatic carbocycles. The molecule has 1 aromatic heterocycles. The zero-order valence-corrected chi connectivity index (χ0v) is 20.5. The number of hydrogen-bond acceptors (Lipinski definition) is 8. The molecule has 3 aromatic rings. The summed E-state index contributed by atoms with van der Waals surface area (Å²) in [5, 5.41) is 14.0. The first kappa shape index (κ1) is 24.1. The smallest absolute Gasteiger partial charge is 0.234 e. The molecule has 1 fully saturated rings. The van der Waals surface area contributed by atoms with Gasteiger partial charge in [-0.3, -0.25) is 4.79 Å². The van der Waals surface area contributed by atoms with E-state index in [1.54, 1.807) is 0 Å². The molecule has 0 spiro atoms. The Morgan fingerprint density at radius 3 is 2.41 bits per heavy atom. The predicted molar refractivity (Wildman–Crippen MR) is 136 cm³/mol. The van der Waals surface area contributed by atoms with Crippen LogP contribution in [0.2, 0.25) is 0 Å². The Balaban J connectivity index is 1.54. The van der Waals surface area contributed by atoms with E-state index < -0.39 is 0 Å². The largest absolute Gasteiger partial charge is 0.378 e. The average molecular weight is 492 g/mol. The third-order valence-electron chi connectivity index (χ3n) is 5.13. The maximum Gasteiger partial charge on any atom is 0.234 e. The number of benzene rings is 2. The molecule has 0 saturated carbocycles. The van der Waals surface area contributed by atoms with Gasteiger partial charge in [0.05, 0.1) is 19.0 Å². The normalized spacial score (nSPS) is 13.4. The van der Waals surface area contributed by atoms with Crippen LogP contribution in [-0.2, 0) is 15.3 Å². The van der Waals surface area contributed by atoms with Crippen molar-refractivity contribution < 1.29 is 9.53 Å². The van der Waals surface area contributed by atoms with Crippen LogP contribution in [0.5, 0.6) is 0 Å². The topological polar surface area (TPSA) is 91.1 Å². The molecule has 1 aliphatic heterocycles. The van der Waals surface area contributed by atoms with Gasteiger partial charge in [-0.15, -0.1) is 11.8 Å². The van der Waals surface area contributed by atoms with Crippen LogP contribution in [0.15, 0.2) is 64.6 Å². The molecule has 34 heavy (non-hydrogen) atoms. The summed E-state index contributed by atoms with van der Waals surface area (Å²) in [5.41, 5.74) is 3.43. The molecule has 1 N–H and O–H groups in total. The van der Waals surface area contributed by atoms with E-state index in [0.717, 1.165) is 16.8 Å². The summed E-state index contributed by atoms with van der Waals surface area (Å²) in [5.74, 6) is 1.25. The summed E-state index contributed by atoms with van der Waals surface area (Å²) >= 11 is 2.77. The molecule has 174 valence electrons. The molecule has 1 aliphatic rings. The van der Waals surface area contributed by atoms with Gasteiger partial charge in [0.1, 0.15) is 21.7 Å². The van der Waals surface area contributed by atoms with Crippen LogP contribution < -0.4 is 10.2 Å². The van der Waals surface area contributed by atoms with Gasteiger partial charge in [0.25, 0.3) is 0 Å². The van der Waals surface area contributed by atoms with Crippen molar-refractivity contribution in [3.63, 3.8) is 0 Å². The summed E-state index contributed by atoms with van der Waals surface area (Å²) in [4.78, 5) is 24.0. The quantitative estimate of drug-likeness (QED) is 0.363. The number of ether oxygens (including phenoxy) is 1. The van der Waals surface area contributed by atoms with Crippen molar-refractivity contribution in [3.05, 3.63) is 71.3 Å². The number of carbonyl (C=O) groups is 1. The van der Waals surface area contributed by atoms with Crippen molar-refractivity contribution in [2.45, 2.75) is 22.7 Å². The van der Waals surface area contributed by atoms with Crippen LogP contribution in [0.4, 0.5) is 11.6 Å². The molecule has 1 amide bonds. The lowest BCUT2D eigenvalue weighted by Crippen LogP contribution is -2.37. The lowest BCUT2D eigenvalue weighted by molar-refractivity contribution is -0.113. The Morgan fingerprint density at radius 2 is 1.74 bits per heavy atom. The highest BCUT2D eigenvalue weighted by Gasteiger charge is 2.21. The molecule has 0 unspecified atom stereocenters. The minimum atomic E-state index is -0.150. The van der Waals surface area contributed by atoms with E-state index in [1.807, 2.05) is 61.5 Å². The predicted octanol–water partition coefficient (Wildman–Crippen LogP) is 4.52. The molecule has 0 bridgehead atoms. The Kier molecular flexibility index (Phi) is 8.41. The average Bonchev–Trinajstić information content (AvgIpc) is 2.88. The first-order valence-corrected chi connectivity index (χ1v) is 12.9. The molecular weight excluding hydrogens is 466 g/mol. The van der Waals surface area contributed by atoms with Crippen LogP contribution in [-0.4, -0.2) is 47.9 Å². The summed E-state index contributed by atoms with van der Waals surface area (Å²) in [6.45, 7) is 4.59. The number of nitrogens with one attached hydrogen (secondary N) is 1. The van der Waals surface area contributed by atoms with E-state index in [0.29, 0.717) is 53.6 Å². The number of aromatic nitrogens is 2. The van der Waals surface area contributed by atoms with Gasteiger partial charge in [0, 0.05) is 24.5 Å². The van der Waals surface area contributed by atoms with Crippen molar-refractivity contribution in [2.24, 2.45) is 0 Å². The van der Waals surface area contributed by atoms with Gasteiger partial charge in [0.15, 0.2) is 0 Å². The number of thioether (sulfide) groups is 2. The Labute approximate surface area is 207 Å². The van der Waals surface area contributed by atoms with Crippen molar-refractivity contribution >= 4 is 41.1 Å². The number of morpholine rings is 1. The van der Waals surface area contributed by atoms with Crippen molar-refractivity contribution in [1.82, 2.24) is 9.97 Å². The Hall–Kier alpha value is -3.06. The highest BCUT2D eigenvalue weighted by Crippen LogP contribution is 2.32. The number of amides is 1. The lowest BCUT2D eigenvalue weighted by Gasteiger charge is -2.27. The van der Waals surface area contributed by atoms with Crippen LogP contribution in [0.25, 0.3) is 0 Å². The molecule has 9 heteroatoms. The highest BCUT2D eigenvalue weighted by molar-refractivity contribution is 8.00. The van der Waals surface area contributed by atoms with Gasteiger partial charge in [-0.1, -0.05) is 59.8 Å². The first-order valence-electron chi connectivity index (χ1n) is 10.9. The van der Waals surface area contributed by atoms with Crippen LogP contribution in [0, 0.1) is 18.3 Å². The van der Waals surface area contributed by atoms with Gasteiger partial charge >= 0.3 is 0 Å². The van der Waals surface area contributed by atoms with E-state index in [4.69, 9.17) is 9.72 Å². The molecule has 4 rings (SSSR count). The molecule has 1 saturated heterocycles. The fraction of sp³-hybridized carbons (Fsp3) is 0.280. The van der Waals surface area contributed by atoms with E-state index >= 15 is 0 Å². The van der Waals surface area contributed by atoms with Crippen LogP contribution in [0.3, 0.4) is 0 Å². The fourth-order valence-electron chi connectivity index (χ4n) is 3.31. The molecule has 2 heterocycles. The first-order chi connectivity index (χ1) is 16.6. The van der Waals surface area contributed by atoms with Crippen LogP contribution >= 0.6 is 23.5 Å². The molecule has 7 nitrogen and oxygen atoms in total. The summed E-state index contributed by atoms with van der Waals surface area (Å²) in [6.07, 6.45) is 0. The third-order valence-corrected chi connectivity index (χ3v) is 7.15. The van der Waals surface area contributed by atoms with Crippen LogP contribution in [0.1, 0.15) is 16.7 Å². The van der Waals surface area contributed by atoms with Crippen molar-refractivity contribution in [1.29, 1.82) is 5.26 Å². The zero-order valence-electron chi connectivity index (χ0n) is 18.9. The molecule has 0 atom stereocenters. The second-order valence-electron chi connectivity index (χ2n) is 7.70. The number of nitriles is 1. The summed E-state index contributed by atoms with van der Waals surface area (Å²) < 4.78 is 5.46. The number of rotatable bonds is 8. The van der Waals surface area contributed by atoms with Gasteiger partial charge in [-0.25, -0.2) is 9.97 Å². The number of nitrogens with zero attached hydrogens (tertiary/aromatic N) is 4. The monoisotopic (exact) mass is 491 g/mol. The number of carbonyl (C=O) groups excluding carboxylic acids is 1. The maximum atomic E-state index is 12.6. The summed E-state index contributed by atoms with van der Waals surface area (Å²) in [7, 11) is 0.